The van der Waals surface area contributed by atoms with Crippen molar-refractivity contribution in [1.82, 2.24) is 29.5 Å². The van der Waals surface area contributed by atoms with E-state index in [1.165, 1.54) is 0 Å². The van der Waals surface area contributed by atoms with Crippen LogP contribution in [0.3, 0.4) is 0 Å². The van der Waals surface area contributed by atoms with Gasteiger partial charge in [-0.15, -0.1) is 0 Å². The number of aliphatic hydroxyl groups is 1. The van der Waals surface area contributed by atoms with Crippen molar-refractivity contribution in [2.24, 2.45) is 0 Å². The Morgan fingerprint density at radius 1 is 1.39 bits per heavy atom. The van der Waals surface area contributed by atoms with Crippen molar-refractivity contribution in [3.63, 3.8) is 0 Å². The Labute approximate surface area is 134 Å². The fourth-order valence-electron chi connectivity index (χ4n) is 3.39. The number of fused-ring (bicyclic) bond motifs is 1. The van der Waals surface area contributed by atoms with Crippen molar-refractivity contribution in [2.45, 2.75) is 32.4 Å². The van der Waals surface area contributed by atoms with Gasteiger partial charge in [-0.25, -0.2) is 14.5 Å². The molecule has 4 heterocycles. The summed E-state index contributed by atoms with van der Waals surface area (Å²) in [5.41, 5.74) is 3.80. The van der Waals surface area contributed by atoms with Gasteiger partial charge < -0.3 is 15.0 Å². The summed E-state index contributed by atoms with van der Waals surface area (Å²) < 4.78 is 4.02. The number of aryl methyl sites for hydroxylation is 2. The van der Waals surface area contributed by atoms with Crippen molar-refractivity contribution < 1.29 is 5.11 Å². The van der Waals surface area contributed by atoms with Crippen molar-refractivity contribution in [1.29, 1.82) is 0 Å². The summed E-state index contributed by atoms with van der Waals surface area (Å²) in [7, 11) is 0. The number of aliphatic hydroxyl groups excluding tert-OH is 1. The average molecular weight is 312 g/mol. The Bertz CT molecular complexity index is 851. The number of hydrogen-bond acceptors (Lipinski definition) is 5. The third kappa shape index (κ3) is 2.32. The normalized spacial score (nSPS) is 21.3. The maximum absolute atomic E-state index is 9.33. The molecule has 0 bridgehead atoms. The van der Waals surface area contributed by atoms with Gasteiger partial charge in [-0.05, 0) is 26.3 Å². The summed E-state index contributed by atoms with van der Waals surface area (Å²) in [6, 6.07) is 2.45. The molecule has 2 atom stereocenters. The van der Waals surface area contributed by atoms with E-state index in [1.807, 2.05) is 43.0 Å². The van der Waals surface area contributed by atoms with E-state index in [2.05, 4.69) is 25.0 Å². The van der Waals surface area contributed by atoms with Gasteiger partial charge in [-0.3, -0.25) is 0 Å². The summed E-state index contributed by atoms with van der Waals surface area (Å²) in [6.45, 7) is 5.01. The molecule has 0 aliphatic carbocycles. The van der Waals surface area contributed by atoms with E-state index in [4.69, 9.17) is 0 Å². The first-order valence-corrected chi connectivity index (χ1v) is 7.87. The van der Waals surface area contributed by atoms with Crippen LogP contribution in [0.25, 0.3) is 17.0 Å². The van der Waals surface area contributed by atoms with Crippen LogP contribution in [0.4, 0.5) is 0 Å². The zero-order chi connectivity index (χ0) is 16.0. The topological polar surface area (TPSA) is 80.3 Å². The van der Waals surface area contributed by atoms with Crippen LogP contribution in [-0.2, 0) is 0 Å². The molecular weight excluding hydrogens is 292 g/mol. The van der Waals surface area contributed by atoms with Crippen LogP contribution in [0.5, 0.6) is 0 Å². The van der Waals surface area contributed by atoms with Crippen LogP contribution in [0, 0.1) is 13.8 Å². The summed E-state index contributed by atoms with van der Waals surface area (Å²) in [6.07, 6.45) is 6.53. The lowest BCUT2D eigenvalue weighted by Gasteiger charge is -2.14. The van der Waals surface area contributed by atoms with Crippen LogP contribution in [0.15, 0.2) is 24.7 Å². The van der Waals surface area contributed by atoms with E-state index in [-0.39, 0.29) is 18.7 Å². The molecule has 0 saturated carbocycles. The van der Waals surface area contributed by atoms with Gasteiger partial charge in [0.15, 0.2) is 5.65 Å². The molecule has 0 unspecified atom stereocenters. The molecule has 2 N–H and O–H groups in total. The highest BCUT2D eigenvalue weighted by Crippen LogP contribution is 2.28. The molecule has 7 heteroatoms. The summed E-state index contributed by atoms with van der Waals surface area (Å²) in [4.78, 5) is 9.19. The van der Waals surface area contributed by atoms with Crippen LogP contribution in [-0.4, -0.2) is 48.4 Å². The molecule has 0 radical (unpaired) electrons. The highest BCUT2D eigenvalue weighted by molar-refractivity contribution is 5.72. The Balaban J connectivity index is 1.79. The molecule has 1 fully saturated rings. The molecular formula is C16H20N6O. The number of hydrogen-bond donors (Lipinski definition) is 2. The fraction of sp³-hybridized carbons (Fsp3) is 0.438. The number of rotatable bonds is 3. The van der Waals surface area contributed by atoms with E-state index in [0.29, 0.717) is 0 Å². The maximum Gasteiger partial charge on any atom is 0.166 e. The van der Waals surface area contributed by atoms with Crippen molar-refractivity contribution in [3.05, 3.63) is 36.0 Å². The minimum absolute atomic E-state index is 0.154. The number of imidazole rings is 1. The Morgan fingerprint density at radius 3 is 3.04 bits per heavy atom. The molecule has 0 amide bonds. The SMILES string of the molecule is Cc1cc(C)n2ncc(-c3nccn3[C@H]3CN[C@H](CO)C3)c2n1. The quantitative estimate of drug-likeness (QED) is 0.757. The van der Waals surface area contributed by atoms with Crippen LogP contribution < -0.4 is 5.32 Å². The van der Waals surface area contributed by atoms with Gasteiger partial charge in [0, 0.05) is 42.4 Å². The highest BCUT2D eigenvalue weighted by atomic mass is 16.3. The average Bonchev–Trinajstić information content (AvgIpc) is 3.24. The lowest BCUT2D eigenvalue weighted by Crippen LogP contribution is -2.24. The highest BCUT2D eigenvalue weighted by Gasteiger charge is 2.27. The Hall–Kier alpha value is -2.25. The molecule has 23 heavy (non-hydrogen) atoms. The molecule has 7 nitrogen and oxygen atoms in total. The second-order valence-corrected chi connectivity index (χ2v) is 6.17. The second-order valence-electron chi connectivity index (χ2n) is 6.17. The largest absolute Gasteiger partial charge is 0.395 e. The first-order valence-electron chi connectivity index (χ1n) is 7.87. The first-order chi connectivity index (χ1) is 11.2. The minimum atomic E-state index is 0.154. The molecule has 0 spiro atoms. The third-order valence-corrected chi connectivity index (χ3v) is 4.50. The van der Waals surface area contributed by atoms with E-state index >= 15 is 0 Å². The molecule has 1 aliphatic heterocycles. The van der Waals surface area contributed by atoms with Gasteiger partial charge in [-0.2, -0.15) is 5.10 Å². The minimum Gasteiger partial charge on any atom is -0.395 e. The smallest absolute Gasteiger partial charge is 0.166 e. The van der Waals surface area contributed by atoms with Gasteiger partial charge in [0.2, 0.25) is 0 Å². The zero-order valence-electron chi connectivity index (χ0n) is 13.3. The fourth-order valence-corrected chi connectivity index (χ4v) is 3.39. The van der Waals surface area contributed by atoms with Gasteiger partial charge in [0.05, 0.1) is 18.4 Å². The maximum atomic E-state index is 9.33. The zero-order valence-corrected chi connectivity index (χ0v) is 13.3. The monoisotopic (exact) mass is 312 g/mol. The van der Waals surface area contributed by atoms with Crippen LogP contribution in [0.2, 0.25) is 0 Å². The molecule has 1 saturated heterocycles. The lowest BCUT2D eigenvalue weighted by molar-refractivity contribution is 0.253. The molecule has 120 valence electrons. The lowest BCUT2D eigenvalue weighted by atomic mass is 10.1. The molecule has 0 aromatic carbocycles. The van der Waals surface area contributed by atoms with Crippen molar-refractivity contribution in [2.75, 3.05) is 13.2 Å². The van der Waals surface area contributed by atoms with Crippen LogP contribution in [0.1, 0.15) is 23.9 Å². The number of nitrogens with one attached hydrogen (secondary N) is 1. The number of aromatic nitrogens is 5. The second kappa shape index (κ2) is 5.43. The van der Waals surface area contributed by atoms with Gasteiger partial charge in [0.1, 0.15) is 5.82 Å². The molecule has 4 rings (SSSR count). The van der Waals surface area contributed by atoms with E-state index in [1.54, 1.807) is 0 Å². The number of nitrogens with zero attached hydrogens (tertiary/aromatic N) is 5. The van der Waals surface area contributed by atoms with Crippen molar-refractivity contribution in [3.8, 4) is 11.4 Å². The Kier molecular flexibility index (Phi) is 3.39. The van der Waals surface area contributed by atoms with Crippen LogP contribution >= 0.6 is 0 Å². The third-order valence-electron chi connectivity index (χ3n) is 4.50. The Morgan fingerprint density at radius 2 is 2.26 bits per heavy atom. The van der Waals surface area contributed by atoms with Gasteiger partial charge >= 0.3 is 0 Å². The van der Waals surface area contributed by atoms with E-state index < -0.39 is 0 Å². The van der Waals surface area contributed by atoms with Gasteiger partial charge in [0.25, 0.3) is 0 Å². The standard InChI is InChI=1S/C16H20N6O/c1-10-5-11(2)22-16(20-10)14(8-19-22)15-17-3-4-21(15)13-6-12(9-23)18-7-13/h3-5,8,12-13,18,23H,6-7,9H2,1-2H3/t12-,13+/m0/s1. The predicted molar refractivity (Wildman–Crippen MR) is 86.2 cm³/mol. The summed E-state index contributed by atoms with van der Waals surface area (Å²) in [5.74, 6) is 0.878. The van der Waals surface area contributed by atoms with E-state index in [9.17, 15) is 5.11 Å². The molecule has 3 aromatic rings. The van der Waals surface area contributed by atoms with Crippen molar-refractivity contribution >= 4 is 5.65 Å². The summed E-state index contributed by atoms with van der Waals surface area (Å²) in [5, 5.41) is 17.1. The first kappa shape index (κ1) is 14.3. The van der Waals surface area contributed by atoms with Gasteiger partial charge in [-0.1, -0.05) is 0 Å². The predicted octanol–water partition coefficient (Wildman–Crippen LogP) is 1.10. The molecule has 1 aliphatic rings. The van der Waals surface area contributed by atoms with E-state index in [0.717, 1.165) is 41.4 Å². The molecule has 3 aromatic heterocycles. The summed E-state index contributed by atoms with van der Waals surface area (Å²) >= 11 is 0.